The molecule has 1 aromatic heterocycles. The van der Waals surface area contributed by atoms with Gasteiger partial charge in [-0.25, -0.2) is 8.42 Å². The zero-order chi connectivity index (χ0) is 18.7. The van der Waals surface area contributed by atoms with Gasteiger partial charge in [0.1, 0.15) is 5.82 Å². The molecule has 136 valence electrons. The van der Waals surface area contributed by atoms with Gasteiger partial charge in [0.2, 0.25) is 5.88 Å². The molecule has 1 heterocycles. The van der Waals surface area contributed by atoms with Gasteiger partial charge in [0.15, 0.2) is 0 Å². The number of benzene rings is 1. The Hall–Kier alpha value is -2.04. The van der Waals surface area contributed by atoms with E-state index in [9.17, 15) is 21.6 Å². The molecule has 2 rings (SSSR count). The fourth-order valence-electron chi connectivity index (χ4n) is 1.87. The van der Waals surface area contributed by atoms with E-state index in [0.29, 0.717) is 5.56 Å². The van der Waals surface area contributed by atoms with E-state index in [1.807, 2.05) is 0 Å². The third-order valence-corrected chi connectivity index (χ3v) is 4.29. The van der Waals surface area contributed by atoms with Gasteiger partial charge < -0.3 is 9.47 Å². The molecule has 0 atom stereocenters. The predicted octanol–water partition coefficient (Wildman–Crippen LogP) is 3.58. The molecule has 0 saturated carbocycles. The molecule has 11 heteroatoms. The SMILES string of the molecule is COCc1cc(Cl)cc(S(=O)(=O)Nc2cccc(OC(F)(F)F)n2)c1. The summed E-state index contributed by atoms with van der Waals surface area (Å²) in [4.78, 5) is 3.28. The summed E-state index contributed by atoms with van der Waals surface area (Å²) in [6.07, 6.45) is -4.94. The zero-order valence-corrected chi connectivity index (χ0v) is 14.2. The molecule has 0 aliphatic rings. The Bertz CT molecular complexity index is 859. The Kier molecular flexibility index (Phi) is 5.76. The molecule has 0 aliphatic carbocycles. The summed E-state index contributed by atoms with van der Waals surface area (Å²) >= 11 is 5.88. The summed E-state index contributed by atoms with van der Waals surface area (Å²) in [6.45, 7) is 0.135. The summed E-state index contributed by atoms with van der Waals surface area (Å²) in [5.74, 6) is -1.13. The highest BCUT2D eigenvalue weighted by atomic mass is 35.5. The van der Waals surface area contributed by atoms with Crippen LogP contribution in [0.2, 0.25) is 5.02 Å². The van der Waals surface area contributed by atoms with Crippen LogP contribution in [0.25, 0.3) is 0 Å². The molecule has 0 aliphatic heterocycles. The van der Waals surface area contributed by atoms with Gasteiger partial charge >= 0.3 is 6.36 Å². The molecule has 1 aromatic carbocycles. The van der Waals surface area contributed by atoms with E-state index in [0.717, 1.165) is 6.07 Å². The van der Waals surface area contributed by atoms with Gasteiger partial charge in [-0.3, -0.25) is 4.72 Å². The number of ether oxygens (including phenoxy) is 2. The average molecular weight is 397 g/mol. The van der Waals surface area contributed by atoms with Gasteiger partial charge in [-0.15, -0.1) is 13.2 Å². The topological polar surface area (TPSA) is 77.5 Å². The quantitative estimate of drug-likeness (QED) is 0.807. The summed E-state index contributed by atoms with van der Waals surface area (Å²) in [5, 5.41) is 0.164. The van der Waals surface area contributed by atoms with E-state index in [1.165, 1.54) is 37.4 Å². The van der Waals surface area contributed by atoms with Crippen LogP contribution in [0.15, 0.2) is 41.3 Å². The van der Waals surface area contributed by atoms with Crippen LogP contribution in [0, 0.1) is 0 Å². The molecule has 0 amide bonds. The number of hydrogen-bond donors (Lipinski definition) is 1. The fourth-order valence-corrected chi connectivity index (χ4v) is 3.29. The first-order chi connectivity index (χ1) is 11.6. The summed E-state index contributed by atoms with van der Waals surface area (Å²) in [7, 11) is -2.69. The van der Waals surface area contributed by atoms with Gasteiger partial charge in [-0.05, 0) is 29.8 Å². The number of nitrogens with zero attached hydrogens (tertiary/aromatic N) is 1. The maximum absolute atomic E-state index is 12.4. The molecule has 0 unspecified atom stereocenters. The summed E-state index contributed by atoms with van der Waals surface area (Å²) in [5.41, 5.74) is 0.512. The summed E-state index contributed by atoms with van der Waals surface area (Å²) < 4.78 is 72.1. The third-order valence-electron chi connectivity index (χ3n) is 2.74. The second kappa shape index (κ2) is 7.46. The van der Waals surface area contributed by atoms with Crippen molar-refractivity contribution in [2.45, 2.75) is 17.9 Å². The van der Waals surface area contributed by atoms with E-state index in [4.69, 9.17) is 16.3 Å². The molecule has 0 bridgehead atoms. The van der Waals surface area contributed by atoms with Crippen LogP contribution in [0.4, 0.5) is 19.0 Å². The Morgan fingerprint density at radius 1 is 1.24 bits per heavy atom. The molecule has 6 nitrogen and oxygen atoms in total. The molecule has 1 N–H and O–H groups in total. The molecule has 0 spiro atoms. The minimum absolute atomic E-state index is 0.135. The second-order valence-electron chi connectivity index (χ2n) is 4.74. The number of rotatable bonds is 6. The second-order valence-corrected chi connectivity index (χ2v) is 6.86. The number of anilines is 1. The van der Waals surface area contributed by atoms with E-state index in [-0.39, 0.29) is 22.3 Å². The van der Waals surface area contributed by atoms with Crippen LogP contribution in [-0.4, -0.2) is 26.9 Å². The number of hydrogen-bond acceptors (Lipinski definition) is 5. The summed E-state index contributed by atoms with van der Waals surface area (Å²) in [6, 6.07) is 7.34. The minimum Gasteiger partial charge on any atom is -0.388 e. The average Bonchev–Trinajstić information content (AvgIpc) is 2.45. The predicted molar refractivity (Wildman–Crippen MR) is 83.9 cm³/mol. The van der Waals surface area contributed by atoms with Crippen molar-refractivity contribution in [3.63, 3.8) is 0 Å². The molecular weight excluding hydrogens is 385 g/mol. The lowest BCUT2D eigenvalue weighted by Crippen LogP contribution is -2.19. The van der Waals surface area contributed by atoms with Crippen LogP contribution in [0.1, 0.15) is 5.56 Å². The number of halogens is 4. The normalized spacial score (nSPS) is 12.0. The molecule has 2 aromatic rings. The van der Waals surface area contributed by atoms with Crippen LogP contribution >= 0.6 is 11.6 Å². The Morgan fingerprint density at radius 2 is 1.96 bits per heavy atom. The maximum Gasteiger partial charge on any atom is 0.574 e. The highest BCUT2D eigenvalue weighted by Crippen LogP contribution is 2.24. The van der Waals surface area contributed by atoms with Gasteiger partial charge in [0, 0.05) is 18.2 Å². The highest BCUT2D eigenvalue weighted by Gasteiger charge is 2.32. The lowest BCUT2D eigenvalue weighted by atomic mass is 10.2. The third kappa shape index (κ3) is 5.76. The molecule has 25 heavy (non-hydrogen) atoms. The first-order valence-electron chi connectivity index (χ1n) is 6.63. The number of alkyl halides is 3. The van der Waals surface area contributed by atoms with Crippen molar-refractivity contribution in [2.24, 2.45) is 0 Å². The van der Waals surface area contributed by atoms with Crippen molar-refractivity contribution in [3.05, 3.63) is 47.0 Å². The van der Waals surface area contributed by atoms with Crippen molar-refractivity contribution in [3.8, 4) is 5.88 Å². The van der Waals surface area contributed by atoms with Gasteiger partial charge in [0.25, 0.3) is 10.0 Å². The van der Waals surface area contributed by atoms with Crippen LogP contribution in [-0.2, 0) is 21.4 Å². The van der Waals surface area contributed by atoms with Gasteiger partial charge in [-0.2, -0.15) is 4.98 Å². The van der Waals surface area contributed by atoms with Crippen molar-refractivity contribution >= 4 is 27.4 Å². The largest absolute Gasteiger partial charge is 0.574 e. The van der Waals surface area contributed by atoms with E-state index in [1.54, 1.807) is 0 Å². The number of pyridine rings is 1. The minimum atomic E-state index is -4.94. The first kappa shape index (κ1) is 19.3. The number of nitrogens with one attached hydrogen (secondary N) is 1. The Balaban J connectivity index is 2.29. The van der Waals surface area contributed by atoms with E-state index in [2.05, 4.69) is 14.4 Å². The van der Waals surface area contributed by atoms with Gasteiger partial charge in [-0.1, -0.05) is 17.7 Å². The van der Waals surface area contributed by atoms with Crippen LogP contribution in [0.3, 0.4) is 0 Å². The molecular formula is C14H12ClF3N2O4S. The Morgan fingerprint density at radius 3 is 2.60 bits per heavy atom. The van der Waals surface area contributed by atoms with E-state index >= 15 is 0 Å². The first-order valence-corrected chi connectivity index (χ1v) is 8.49. The van der Waals surface area contributed by atoms with E-state index < -0.39 is 22.3 Å². The fraction of sp³-hybridized carbons (Fsp3) is 0.214. The van der Waals surface area contributed by atoms with Crippen molar-refractivity contribution in [1.82, 2.24) is 4.98 Å². The standard InChI is InChI=1S/C14H12ClF3N2O4S/c1-23-8-9-5-10(15)7-11(6-9)25(21,22)20-12-3-2-4-13(19-12)24-14(16,17)18/h2-7H,8H2,1H3,(H,19,20). The highest BCUT2D eigenvalue weighted by molar-refractivity contribution is 7.92. The van der Waals surface area contributed by atoms with Crippen molar-refractivity contribution in [2.75, 3.05) is 11.8 Å². The smallest absolute Gasteiger partial charge is 0.388 e. The van der Waals surface area contributed by atoms with Crippen LogP contribution < -0.4 is 9.46 Å². The molecule has 0 fully saturated rings. The lowest BCUT2D eigenvalue weighted by Gasteiger charge is -2.11. The lowest BCUT2D eigenvalue weighted by molar-refractivity contribution is -0.276. The zero-order valence-electron chi connectivity index (χ0n) is 12.7. The van der Waals surface area contributed by atoms with Crippen molar-refractivity contribution in [1.29, 1.82) is 0 Å². The number of methoxy groups -OCH3 is 1. The van der Waals surface area contributed by atoms with Crippen LogP contribution in [0.5, 0.6) is 5.88 Å². The molecule has 0 saturated heterocycles. The van der Waals surface area contributed by atoms with Crippen molar-refractivity contribution < 1.29 is 31.1 Å². The van der Waals surface area contributed by atoms with Gasteiger partial charge in [0.05, 0.1) is 11.5 Å². The number of sulfonamides is 1. The maximum atomic E-state index is 12.4. The monoisotopic (exact) mass is 396 g/mol. The number of aromatic nitrogens is 1. The Labute approximate surface area is 146 Å². The molecule has 0 radical (unpaired) electrons.